The van der Waals surface area contributed by atoms with E-state index in [4.69, 9.17) is 9.52 Å². The summed E-state index contributed by atoms with van der Waals surface area (Å²) < 4.78 is 5.79. The third kappa shape index (κ3) is 4.36. The summed E-state index contributed by atoms with van der Waals surface area (Å²) in [5.74, 6) is -0.217. The van der Waals surface area contributed by atoms with Crippen LogP contribution >= 0.6 is 11.8 Å². The van der Waals surface area contributed by atoms with Crippen LogP contribution in [0.15, 0.2) is 75.0 Å². The number of thioether (sulfide) groups is 1. The second kappa shape index (κ2) is 8.42. The Labute approximate surface area is 177 Å². The molecule has 1 aromatic heterocycles. The number of hydrogen-bond acceptors (Lipinski definition) is 5. The predicted molar refractivity (Wildman–Crippen MR) is 118 cm³/mol. The van der Waals surface area contributed by atoms with Crippen LogP contribution in [-0.2, 0) is 11.2 Å². The lowest BCUT2D eigenvalue weighted by atomic mass is 10.1. The molecule has 2 heterocycles. The summed E-state index contributed by atoms with van der Waals surface area (Å²) in [7, 11) is 0. The molecule has 0 atom stereocenters. The third-order valence-electron chi connectivity index (χ3n) is 4.52. The van der Waals surface area contributed by atoms with Gasteiger partial charge in [0.1, 0.15) is 11.5 Å². The Kier molecular flexibility index (Phi) is 5.54. The molecule has 1 saturated heterocycles. The number of nitrogens with one attached hydrogen (secondary N) is 1. The predicted octanol–water partition coefficient (Wildman–Crippen LogP) is 5.10. The first-order valence-corrected chi connectivity index (χ1v) is 10.2. The lowest BCUT2D eigenvalue weighted by Gasteiger charge is -1.99. The minimum atomic E-state index is -0.999. The van der Waals surface area contributed by atoms with E-state index in [9.17, 15) is 9.59 Å². The van der Waals surface area contributed by atoms with Crippen LogP contribution in [0, 0.1) is 0 Å². The summed E-state index contributed by atoms with van der Waals surface area (Å²) in [6.07, 6.45) is 2.61. The van der Waals surface area contributed by atoms with E-state index in [0.29, 0.717) is 27.2 Å². The van der Waals surface area contributed by atoms with Gasteiger partial charge >= 0.3 is 5.97 Å². The summed E-state index contributed by atoms with van der Waals surface area (Å²) >= 11 is 1.24. The molecule has 4 rings (SSSR count). The number of rotatable bonds is 5. The molecular formula is C23H18N2O4S. The zero-order chi connectivity index (χ0) is 21.1. The van der Waals surface area contributed by atoms with Crippen LogP contribution in [0.4, 0.5) is 5.69 Å². The van der Waals surface area contributed by atoms with Gasteiger partial charge < -0.3 is 14.8 Å². The number of carboxylic acids is 1. The molecule has 2 aromatic carbocycles. The monoisotopic (exact) mass is 418 g/mol. The fourth-order valence-electron chi connectivity index (χ4n) is 2.92. The molecule has 2 N–H and O–H groups in total. The minimum absolute atomic E-state index is 0.183. The van der Waals surface area contributed by atoms with Gasteiger partial charge in [0.2, 0.25) is 0 Å². The van der Waals surface area contributed by atoms with Crippen molar-refractivity contribution in [3.63, 3.8) is 0 Å². The molecule has 0 aliphatic carbocycles. The highest BCUT2D eigenvalue weighted by Crippen LogP contribution is 2.30. The van der Waals surface area contributed by atoms with Gasteiger partial charge in [0.05, 0.1) is 16.2 Å². The minimum Gasteiger partial charge on any atom is -0.478 e. The van der Waals surface area contributed by atoms with Gasteiger partial charge in [0.25, 0.3) is 5.91 Å². The molecule has 0 spiro atoms. The van der Waals surface area contributed by atoms with Crippen LogP contribution < -0.4 is 5.32 Å². The fourth-order valence-corrected chi connectivity index (χ4v) is 3.75. The van der Waals surface area contributed by atoms with Crippen molar-refractivity contribution in [1.82, 2.24) is 5.32 Å². The second-order valence-electron chi connectivity index (χ2n) is 6.59. The van der Waals surface area contributed by atoms with Gasteiger partial charge in [-0.05, 0) is 60.1 Å². The van der Waals surface area contributed by atoms with E-state index in [1.807, 2.05) is 24.3 Å². The lowest BCUT2D eigenvalue weighted by molar-refractivity contribution is -0.115. The molecule has 0 saturated carbocycles. The number of nitrogens with zero attached hydrogens (tertiary/aromatic N) is 1. The van der Waals surface area contributed by atoms with E-state index < -0.39 is 5.97 Å². The number of aromatic carboxylic acids is 1. The maximum absolute atomic E-state index is 12.3. The highest BCUT2D eigenvalue weighted by molar-refractivity contribution is 8.18. The second-order valence-corrected chi connectivity index (χ2v) is 7.62. The number of benzene rings is 2. The Morgan fingerprint density at radius 3 is 2.70 bits per heavy atom. The smallest absolute Gasteiger partial charge is 0.335 e. The van der Waals surface area contributed by atoms with Crippen LogP contribution in [0.3, 0.4) is 0 Å². The standard InChI is InChI=1S/C23H18N2O4S/c1-2-14-6-8-17(9-7-14)24-23-25-21(26)20(30-23)13-18-10-11-19(29-18)15-4-3-5-16(12-15)22(27)28/h3-13H,2H2,1H3,(H,27,28)(H,24,25,26). The molecule has 1 fully saturated rings. The van der Waals surface area contributed by atoms with Crippen molar-refractivity contribution >= 4 is 40.6 Å². The molecular weight excluding hydrogens is 400 g/mol. The number of carbonyl (C=O) groups is 2. The van der Waals surface area contributed by atoms with Crippen LogP contribution in [0.2, 0.25) is 0 Å². The normalized spacial score (nSPS) is 16.2. The van der Waals surface area contributed by atoms with Gasteiger partial charge in [-0.25, -0.2) is 9.79 Å². The topological polar surface area (TPSA) is 91.9 Å². The lowest BCUT2D eigenvalue weighted by Crippen LogP contribution is -2.19. The van der Waals surface area contributed by atoms with E-state index in [1.165, 1.54) is 23.4 Å². The van der Waals surface area contributed by atoms with Gasteiger partial charge in [-0.2, -0.15) is 0 Å². The summed E-state index contributed by atoms with van der Waals surface area (Å²) in [4.78, 5) is 28.4. The number of carbonyl (C=O) groups excluding carboxylic acids is 1. The van der Waals surface area contributed by atoms with E-state index in [0.717, 1.165) is 12.1 Å². The van der Waals surface area contributed by atoms with Crippen molar-refractivity contribution in [2.24, 2.45) is 4.99 Å². The Hall–Kier alpha value is -3.58. The van der Waals surface area contributed by atoms with Crippen LogP contribution in [0.25, 0.3) is 17.4 Å². The van der Waals surface area contributed by atoms with Crippen LogP contribution in [0.5, 0.6) is 0 Å². The SMILES string of the molecule is CCc1ccc(N=C2NC(=O)C(=Cc3ccc(-c4cccc(C(=O)O)c4)o3)S2)cc1. The Morgan fingerprint density at radius 1 is 1.17 bits per heavy atom. The number of hydrogen-bond donors (Lipinski definition) is 2. The number of aryl methyl sites for hydroxylation is 1. The first-order valence-electron chi connectivity index (χ1n) is 9.34. The number of carboxylic acid groups (broad SMARTS) is 1. The largest absolute Gasteiger partial charge is 0.478 e. The van der Waals surface area contributed by atoms with Crippen molar-refractivity contribution in [2.45, 2.75) is 13.3 Å². The van der Waals surface area contributed by atoms with Crippen molar-refractivity contribution < 1.29 is 19.1 Å². The van der Waals surface area contributed by atoms with Crippen LogP contribution in [0.1, 0.15) is 28.6 Å². The Bertz CT molecular complexity index is 1180. The van der Waals surface area contributed by atoms with Crippen molar-refractivity contribution in [1.29, 1.82) is 0 Å². The summed E-state index contributed by atoms with van der Waals surface area (Å²) in [5.41, 5.74) is 2.84. The molecule has 30 heavy (non-hydrogen) atoms. The van der Waals surface area contributed by atoms with E-state index in [-0.39, 0.29) is 11.5 Å². The summed E-state index contributed by atoms with van der Waals surface area (Å²) in [5, 5.41) is 12.4. The molecule has 6 nitrogen and oxygen atoms in total. The van der Waals surface area contributed by atoms with Crippen molar-refractivity contribution in [3.05, 3.63) is 82.5 Å². The summed E-state index contributed by atoms with van der Waals surface area (Å²) in [6.45, 7) is 2.09. The number of furan rings is 1. The average molecular weight is 418 g/mol. The van der Waals surface area contributed by atoms with Crippen LogP contribution in [-0.4, -0.2) is 22.2 Å². The molecule has 1 aliphatic heterocycles. The fraction of sp³-hybridized carbons (Fsp3) is 0.0870. The Morgan fingerprint density at radius 2 is 1.97 bits per heavy atom. The molecule has 1 amide bonds. The molecule has 3 aromatic rings. The average Bonchev–Trinajstić information content (AvgIpc) is 3.35. The molecule has 7 heteroatoms. The molecule has 0 bridgehead atoms. The number of aliphatic imine (C=N–C) groups is 1. The van der Waals surface area contributed by atoms with E-state index in [2.05, 4.69) is 17.2 Å². The quantitative estimate of drug-likeness (QED) is 0.563. The van der Waals surface area contributed by atoms with E-state index >= 15 is 0 Å². The molecule has 1 aliphatic rings. The number of amides is 1. The number of amidine groups is 1. The highest BCUT2D eigenvalue weighted by atomic mass is 32.2. The highest BCUT2D eigenvalue weighted by Gasteiger charge is 2.24. The first kappa shape index (κ1) is 19.7. The zero-order valence-corrected chi connectivity index (χ0v) is 16.9. The van der Waals surface area contributed by atoms with Gasteiger partial charge in [-0.15, -0.1) is 0 Å². The van der Waals surface area contributed by atoms with E-state index in [1.54, 1.807) is 36.4 Å². The van der Waals surface area contributed by atoms with Gasteiger partial charge in [-0.3, -0.25) is 4.79 Å². The first-order chi connectivity index (χ1) is 14.5. The van der Waals surface area contributed by atoms with Gasteiger partial charge in [0.15, 0.2) is 5.17 Å². The zero-order valence-electron chi connectivity index (χ0n) is 16.1. The van der Waals surface area contributed by atoms with Crippen molar-refractivity contribution in [3.8, 4) is 11.3 Å². The molecule has 150 valence electrons. The van der Waals surface area contributed by atoms with Crippen molar-refractivity contribution in [2.75, 3.05) is 0 Å². The maximum atomic E-state index is 12.3. The molecule has 0 radical (unpaired) electrons. The molecule has 0 unspecified atom stereocenters. The summed E-state index contributed by atoms with van der Waals surface area (Å²) in [6, 6.07) is 17.9. The Balaban J connectivity index is 1.52. The van der Waals surface area contributed by atoms with Gasteiger partial charge in [-0.1, -0.05) is 31.2 Å². The van der Waals surface area contributed by atoms with Gasteiger partial charge in [0, 0.05) is 11.6 Å². The maximum Gasteiger partial charge on any atom is 0.335 e. The third-order valence-corrected chi connectivity index (χ3v) is 5.43.